The molecule has 27 heavy (non-hydrogen) atoms. The Kier molecular flexibility index (Phi) is 4.69. The normalized spacial score (nSPS) is 42.7. The molecule has 2 N–H and O–H groups in total. The second kappa shape index (κ2) is 7.06. The van der Waals surface area contributed by atoms with Gasteiger partial charge in [-0.3, -0.25) is 9.59 Å². The average Bonchev–Trinajstić information content (AvgIpc) is 2.98. The predicted octanol–water partition coefficient (Wildman–Crippen LogP) is 2.17. The van der Waals surface area contributed by atoms with Gasteiger partial charge in [-0.2, -0.15) is 0 Å². The van der Waals surface area contributed by atoms with Gasteiger partial charge in [-0.15, -0.1) is 0 Å². The van der Waals surface area contributed by atoms with Crippen molar-refractivity contribution in [2.75, 3.05) is 32.7 Å². The van der Waals surface area contributed by atoms with Gasteiger partial charge in [0.1, 0.15) is 0 Å². The van der Waals surface area contributed by atoms with E-state index in [1.165, 1.54) is 19.3 Å². The maximum atomic E-state index is 13.0. The lowest BCUT2D eigenvalue weighted by Gasteiger charge is -2.55. The van der Waals surface area contributed by atoms with E-state index in [1.54, 1.807) is 0 Å². The summed E-state index contributed by atoms with van der Waals surface area (Å²) in [7, 11) is 0. The van der Waals surface area contributed by atoms with Crippen LogP contribution in [0.5, 0.6) is 0 Å². The number of fused-ring (bicyclic) bond motifs is 1. The third-order valence-electron chi connectivity index (χ3n) is 8.52. The highest BCUT2D eigenvalue weighted by molar-refractivity contribution is 5.84. The summed E-state index contributed by atoms with van der Waals surface area (Å²) in [5.41, 5.74) is -0.0924. The van der Waals surface area contributed by atoms with Crippen molar-refractivity contribution < 1.29 is 9.59 Å². The Bertz CT molecular complexity index is 555. The number of amides is 2. The predicted molar refractivity (Wildman–Crippen MR) is 104 cm³/mol. The second-order valence-electron chi connectivity index (χ2n) is 10.3. The average molecular weight is 374 g/mol. The molecule has 2 aliphatic heterocycles. The molecule has 6 fully saturated rings. The van der Waals surface area contributed by atoms with Crippen LogP contribution in [0.2, 0.25) is 0 Å². The van der Waals surface area contributed by atoms with Gasteiger partial charge in [-0.25, -0.2) is 0 Å². The molecule has 2 atom stereocenters. The first-order valence-corrected chi connectivity index (χ1v) is 11.4. The van der Waals surface area contributed by atoms with E-state index < -0.39 is 0 Å². The van der Waals surface area contributed by atoms with Crippen molar-refractivity contribution >= 4 is 11.8 Å². The summed E-state index contributed by atoms with van der Waals surface area (Å²) in [4.78, 5) is 27.7. The monoisotopic (exact) mass is 373 g/mol. The minimum absolute atomic E-state index is 0.0924. The number of hydrogen-bond acceptors (Lipinski definition) is 3. The number of carbonyl (C=O) groups excluding carboxylic acids is 2. The zero-order chi connectivity index (χ0) is 18.4. The van der Waals surface area contributed by atoms with E-state index in [0.29, 0.717) is 13.0 Å². The zero-order valence-corrected chi connectivity index (χ0v) is 16.5. The third-order valence-corrected chi connectivity index (χ3v) is 8.52. The van der Waals surface area contributed by atoms with Crippen molar-refractivity contribution in [3.8, 4) is 0 Å². The van der Waals surface area contributed by atoms with Crippen LogP contribution in [0.25, 0.3) is 0 Å². The van der Waals surface area contributed by atoms with Gasteiger partial charge < -0.3 is 15.5 Å². The molecule has 6 aliphatic rings. The Balaban J connectivity index is 1.10. The number of carbonyl (C=O) groups is 2. The molecule has 0 aromatic rings. The molecule has 0 aromatic carbocycles. The summed E-state index contributed by atoms with van der Waals surface area (Å²) in [5.74, 6) is 4.34. The molecule has 6 rings (SSSR count). The lowest BCUT2D eigenvalue weighted by molar-refractivity contribution is -0.146. The topological polar surface area (TPSA) is 61.4 Å². The Morgan fingerprint density at radius 2 is 1.48 bits per heavy atom. The number of nitrogens with one attached hydrogen (secondary N) is 2. The van der Waals surface area contributed by atoms with E-state index in [0.717, 1.165) is 87.9 Å². The van der Waals surface area contributed by atoms with Crippen LogP contribution in [0, 0.1) is 35.0 Å². The summed E-state index contributed by atoms with van der Waals surface area (Å²) in [5, 5.41) is 6.65. The molecule has 2 saturated heterocycles. The molecule has 0 aromatic heterocycles. The minimum atomic E-state index is -0.0924. The van der Waals surface area contributed by atoms with E-state index in [2.05, 4.69) is 15.5 Å². The quantitative estimate of drug-likeness (QED) is 0.794. The van der Waals surface area contributed by atoms with E-state index >= 15 is 0 Å². The van der Waals surface area contributed by atoms with Crippen molar-refractivity contribution in [2.24, 2.45) is 35.0 Å². The van der Waals surface area contributed by atoms with Gasteiger partial charge in [-0.1, -0.05) is 0 Å². The zero-order valence-electron chi connectivity index (χ0n) is 16.5. The molecule has 2 amide bonds. The molecule has 0 radical (unpaired) electrons. The third kappa shape index (κ3) is 3.41. The maximum absolute atomic E-state index is 13.0. The summed E-state index contributed by atoms with van der Waals surface area (Å²) in [6.07, 6.45) is 10.1. The number of nitrogens with zero attached hydrogens (tertiary/aromatic N) is 1. The Morgan fingerprint density at radius 3 is 2.04 bits per heavy atom. The van der Waals surface area contributed by atoms with E-state index in [-0.39, 0.29) is 17.2 Å². The van der Waals surface area contributed by atoms with Crippen LogP contribution in [0.4, 0.5) is 0 Å². The first-order chi connectivity index (χ1) is 13.1. The fourth-order valence-corrected chi connectivity index (χ4v) is 7.48. The minimum Gasteiger partial charge on any atom is -0.355 e. The van der Waals surface area contributed by atoms with E-state index in [4.69, 9.17) is 0 Å². The molecule has 150 valence electrons. The molecule has 4 aliphatic carbocycles. The van der Waals surface area contributed by atoms with Crippen LogP contribution >= 0.6 is 0 Å². The number of rotatable bonds is 4. The van der Waals surface area contributed by atoms with Crippen LogP contribution < -0.4 is 10.6 Å². The van der Waals surface area contributed by atoms with Crippen molar-refractivity contribution in [2.45, 2.75) is 57.8 Å². The standard InChI is InChI=1S/C22H35N3O2/c26-20(25-5-2-18-13-23-14-19(18)3-6-25)1-4-24-21(27)22-10-15-7-16(11-22)9-17(8-15)12-22/h15-19,23H,1-14H2,(H,24,27)/t15?,16?,17?,18-,19+,22?. The molecule has 0 unspecified atom stereocenters. The Morgan fingerprint density at radius 1 is 0.926 bits per heavy atom. The van der Waals surface area contributed by atoms with Crippen LogP contribution in [0.15, 0.2) is 0 Å². The Labute approximate surface area is 163 Å². The first-order valence-electron chi connectivity index (χ1n) is 11.4. The lowest BCUT2D eigenvalue weighted by atomic mass is 9.49. The number of hydrogen-bond donors (Lipinski definition) is 2. The van der Waals surface area contributed by atoms with Crippen molar-refractivity contribution in [3.63, 3.8) is 0 Å². The second-order valence-corrected chi connectivity index (χ2v) is 10.3. The Hall–Kier alpha value is -1.10. The van der Waals surface area contributed by atoms with Crippen LogP contribution in [0.3, 0.4) is 0 Å². The van der Waals surface area contributed by atoms with Gasteiger partial charge in [0.25, 0.3) is 0 Å². The van der Waals surface area contributed by atoms with Crippen LogP contribution in [0.1, 0.15) is 57.8 Å². The fraction of sp³-hybridized carbons (Fsp3) is 0.909. The van der Waals surface area contributed by atoms with Crippen molar-refractivity contribution in [1.29, 1.82) is 0 Å². The lowest BCUT2D eigenvalue weighted by Crippen LogP contribution is -2.53. The fourth-order valence-electron chi connectivity index (χ4n) is 7.48. The van der Waals surface area contributed by atoms with Crippen molar-refractivity contribution in [1.82, 2.24) is 15.5 Å². The van der Waals surface area contributed by atoms with Crippen LogP contribution in [-0.2, 0) is 9.59 Å². The van der Waals surface area contributed by atoms with Crippen molar-refractivity contribution in [3.05, 3.63) is 0 Å². The largest absolute Gasteiger partial charge is 0.355 e. The molecule has 4 saturated carbocycles. The van der Waals surface area contributed by atoms with Gasteiger partial charge in [0, 0.05) is 31.5 Å². The first kappa shape index (κ1) is 18.0. The van der Waals surface area contributed by atoms with E-state index in [9.17, 15) is 9.59 Å². The van der Waals surface area contributed by atoms with Gasteiger partial charge in [0.15, 0.2) is 0 Å². The SMILES string of the molecule is O=C(CCNC(=O)C12CC3CC(CC(C3)C1)C2)N1CC[C@@H]2CNC[C@@H]2CC1. The molecule has 2 heterocycles. The van der Waals surface area contributed by atoms with Gasteiger partial charge in [0.05, 0.1) is 0 Å². The van der Waals surface area contributed by atoms with Gasteiger partial charge >= 0.3 is 0 Å². The molecular weight excluding hydrogens is 338 g/mol. The number of likely N-dealkylation sites (tertiary alicyclic amines) is 1. The molecule has 4 bridgehead atoms. The van der Waals surface area contributed by atoms with Gasteiger partial charge in [-0.05, 0) is 94.0 Å². The highest BCUT2D eigenvalue weighted by Gasteiger charge is 2.54. The smallest absolute Gasteiger partial charge is 0.226 e. The summed E-state index contributed by atoms with van der Waals surface area (Å²) < 4.78 is 0. The highest BCUT2D eigenvalue weighted by atomic mass is 16.2. The van der Waals surface area contributed by atoms with Crippen LogP contribution in [-0.4, -0.2) is 49.4 Å². The molecule has 5 heteroatoms. The molecular formula is C22H35N3O2. The molecule has 5 nitrogen and oxygen atoms in total. The maximum Gasteiger partial charge on any atom is 0.226 e. The van der Waals surface area contributed by atoms with Gasteiger partial charge in [0.2, 0.25) is 11.8 Å². The van der Waals surface area contributed by atoms with E-state index in [1.807, 2.05) is 0 Å². The molecule has 0 spiro atoms. The summed E-state index contributed by atoms with van der Waals surface area (Å²) >= 11 is 0. The summed E-state index contributed by atoms with van der Waals surface area (Å²) in [6.45, 7) is 4.54. The summed E-state index contributed by atoms with van der Waals surface area (Å²) in [6, 6.07) is 0. The highest BCUT2D eigenvalue weighted by Crippen LogP contribution is 2.60.